The third-order valence-corrected chi connectivity index (χ3v) is 1.42. The lowest BCUT2D eigenvalue weighted by molar-refractivity contribution is 0.776. The van der Waals surface area contributed by atoms with Crippen molar-refractivity contribution in [3.8, 4) is 0 Å². The Balaban J connectivity index is 2.48. The number of nitrogens with two attached hydrogens (primary N) is 1. The molecule has 1 rings (SSSR count). The SMILES string of the molecule is CC(N)CNc1cnc(Cl)cn1. The normalized spacial score (nSPS) is 12.6. The summed E-state index contributed by atoms with van der Waals surface area (Å²) in [5, 5.41) is 3.40. The van der Waals surface area contributed by atoms with Crippen molar-refractivity contribution in [2.24, 2.45) is 5.73 Å². The summed E-state index contributed by atoms with van der Waals surface area (Å²) < 4.78 is 0. The highest BCUT2D eigenvalue weighted by atomic mass is 35.5. The maximum Gasteiger partial charge on any atom is 0.147 e. The second kappa shape index (κ2) is 4.23. The van der Waals surface area contributed by atoms with Crippen molar-refractivity contribution in [1.82, 2.24) is 9.97 Å². The molecule has 1 atom stereocenters. The zero-order valence-electron chi connectivity index (χ0n) is 6.79. The van der Waals surface area contributed by atoms with Gasteiger partial charge in [0.2, 0.25) is 0 Å². The van der Waals surface area contributed by atoms with Gasteiger partial charge in [0.25, 0.3) is 0 Å². The number of hydrogen-bond donors (Lipinski definition) is 2. The quantitative estimate of drug-likeness (QED) is 0.736. The van der Waals surface area contributed by atoms with Gasteiger partial charge in [0.15, 0.2) is 0 Å². The minimum Gasteiger partial charge on any atom is -0.367 e. The maximum atomic E-state index is 5.55. The lowest BCUT2D eigenvalue weighted by atomic mass is 10.4. The molecule has 12 heavy (non-hydrogen) atoms. The van der Waals surface area contributed by atoms with Gasteiger partial charge in [-0.2, -0.15) is 0 Å². The molecule has 1 heterocycles. The molecular weight excluding hydrogens is 176 g/mol. The highest BCUT2D eigenvalue weighted by Gasteiger charge is 1.96. The fraction of sp³-hybridized carbons (Fsp3) is 0.429. The third kappa shape index (κ3) is 3.02. The van der Waals surface area contributed by atoms with Crippen LogP contribution in [0.5, 0.6) is 0 Å². The summed E-state index contributed by atoms with van der Waals surface area (Å²) in [6.07, 6.45) is 3.07. The molecule has 0 fully saturated rings. The summed E-state index contributed by atoms with van der Waals surface area (Å²) in [5.41, 5.74) is 5.53. The average Bonchev–Trinajstić information content (AvgIpc) is 2.03. The van der Waals surface area contributed by atoms with Gasteiger partial charge >= 0.3 is 0 Å². The van der Waals surface area contributed by atoms with Gasteiger partial charge in [-0.3, -0.25) is 0 Å². The van der Waals surface area contributed by atoms with Crippen LogP contribution in [0.25, 0.3) is 0 Å². The van der Waals surface area contributed by atoms with Crippen LogP contribution in [0.3, 0.4) is 0 Å². The van der Waals surface area contributed by atoms with Crippen LogP contribution < -0.4 is 11.1 Å². The lowest BCUT2D eigenvalue weighted by Crippen LogP contribution is -2.25. The van der Waals surface area contributed by atoms with Gasteiger partial charge in [0, 0.05) is 12.6 Å². The molecule has 3 N–H and O–H groups in total. The number of hydrogen-bond acceptors (Lipinski definition) is 4. The summed E-state index contributed by atoms with van der Waals surface area (Å²) in [7, 11) is 0. The predicted octanol–water partition coefficient (Wildman–Crippen LogP) is 0.889. The molecule has 0 bridgehead atoms. The second-order valence-electron chi connectivity index (χ2n) is 2.58. The van der Waals surface area contributed by atoms with E-state index < -0.39 is 0 Å². The van der Waals surface area contributed by atoms with E-state index in [0.29, 0.717) is 17.5 Å². The molecule has 0 aromatic carbocycles. The van der Waals surface area contributed by atoms with Gasteiger partial charge in [-0.1, -0.05) is 11.6 Å². The largest absolute Gasteiger partial charge is 0.367 e. The molecule has 0 amide bonds. The zero-order chi connectivity index (χ0) is 8.97. The first-order chi connectivity index (χ1) is 5.68. The van der Waals surface area contributed by atoms with Gasteiger partial charge in [0.05, 0.1) is 12.4 Å². The zero-order valence-corrected chi connectivity index (χ0v) is 7.54. The first-order valence-electron chi connectivity index (χ1n) is 3.65. The predicted molar refractivity (Wildman–Crippen MR) is 49.2 cm³/mol. The monoisotopic (exact) mass is 186 g/mol. The minimum absolute atomic E-state index is 0.0995. The third-order valence-electron chi connectivity index (χ3n) is 1.23. The Morgan fingerprint density at radius 1 is 1.58 bits per heavy atom. The van der Waals surface area contributed by atoms with Crippen molar-refractivity contribution in [3.05, 3.63) is 17.5 Å². The number of anilines is 1. The molecule has 0 aliphatic carbocycles. The fourth-order valence-electron chi connectivity index (χ4n) is 0.669. The first-order valence-corrected chi connectivity index (χ1v) is 4.03. The van der Waals surface area contributed by atoms with Gasteiger partial charge < -0.3 is 11.1 Å². The first kappa shape index (κ1) is 9.22. The van der Waals surface area contributed by atoms with Crippen molar-refractivity contribution in [2.45, 2.75) is 13.0 Å². The lowest BCUT2D eigenvalue weighted by Gasteiger charge is -2.06. The standard InChI is InChI=1S/C7H11ClN4/c1-5(9)2-11-7-4-10-6(8)3-12-7/h3-5H,2,9H2,1H3,(H,11,12). The molecule has 1 aromatic rings. The summed E-state index contributed by atoms with van der Waals surface area (Å²) in [6, 6.07) is 0.0995. The Morgan fingerprint density at radius 2 is 2.33 bits per heavy atom. The van der Waals surface area contributed by atoms with Gasteiger partial charge in [-0.25, -0.2) is 9.97 Å². The highest BCUT2D eigenvalue weighted by Crippen LogP contribution is 2.04. The molecule has 0 spiro atoms. The Hall–Kier alpha value is -0.870. The van der Waals surface area contributed by atoms with E-state index in [1.807, 2.05) is 6.92 Å². The van der Waals surface area contributed by atoms with Crippen LogP contribution in [-0.2, 0) is 0 Å². The van der Waals surface area contributed by atoms with Crippen molar-refractivity contribution in [3.63, 3.8) is 0 Å². The molecule has 66 valence electrons. The Morgan fingerprint density at radius 3 is 2.83 bits per heavy atom. The number of aromatic nitrogens is 2. The highest BCUT2D eigenvalue weighted by molar-refractivity contribution is 6.29. The van der Waals surface area contributed by atoms with E-state index in [9.17, 15) is 0 Å². The molecule has 0 aliphatic rings. The van der Waals surface area contributed by atoms with Gasteiger partial charge in [-0.05, 0) is 6.92 Å². The average molecular weight is 187 g/mol. The van der Waals surface area contributed by atoms with Crippen LogP contribution in [-0.4, -0.2) is 22.6 Å². The van der Waals surface area contributed by atoms with Crippen LogP contribution in [0, 0.1) is 0 Å². The second-order valence-corrected chi connectivity index (χ2v) is 2.97. The molecule has 0 saturated carbocycles. The van der Waals surface area contributed by atoms with Gasteiger partial charge in [-0.15, -0.1) is 0 Å². The topological polar surface area (TPSA) is 63.8 Å². The number of halogens is 1. The van der Waals surface area contributed by atoms with Crippen LogP contribution in [0.1, 0.15) is 6.92 Å². The van der Waals surface area contributed by atoms with E-state index in [2.05, 4.69) is 15.3 Å². The smallest absolute Gasteiger partial charge is 0.147 e. The Kier molecular flexibility index (Phi) is 3.25. The maximum absolute atomic E-state index is 5.55. The van der Waals surface area contributed by atoms with E-state index in [1.165, 1.54) is 6.20 Å². The number of rotatable bonds is 3. The molecular formula is C7H11ClN4. The van der Waals surface area contributed by atoms with E-state index in [-0.39, 0.29) is 6.04 Å². The Bertz CT molecular complexity index is 234. The molecule has 0 radical (unpaired) electrons. The number of nitrogens with one attached hydrogen (secondary N) is 1. The summed E-state index contributed by atoms with van der Waals surface area (Å²) in [4.78, 5) is 7.85. The minimum atomic E-state index is 0.0995. The summed E-state index contributed by atoms with van der Waals surface area (Å²) >= 11 is 5.55. The molecule has 0 saturated heterocycles. The van der Waals surface area contributed by atoms with Crippen molar-refractivity contribution in [1.29, 1.82) is 0 Å². The fourth-order valence-corrected chi connectivity index (χ4v) is 0.767. The number of nitrogens with zero attached hydrogens (tertiary/aromatic N) is 2. The van der Waals surface area contributed by atoms with E-state index in [0.717, 1.165) is 0 Å². The molecule has 1 aromatic heterocycles. The summed E-state index contributed by atoms with van der Waals surface area (Å²) in [6.45, 7) is 2.59. The molecule has 5 heteroatoms. The van der Waals surface area contributed by atoms with Crippen LogP contribution in [0.4, 0.5) is 5.82 Å². The van der Waals surface area contributed by atoms with Gasteiger partial charge in [0.1, 0.15) is 11.0 Å². The van der Waals surface area contributed by atoms with Crippen LogP contribution in [0.15, 0.2) is 12.4 Å². The van der Waals surface area contributed by atoms with Crippen LogP contribution in [0.2, 0.25) is 5.15 Å². The van der Waals surface area contributed by atoms with Crippen molar-refractivity contribution < 1.29 is 0 Å². The van der Waals surface area contributed by atoms with E-state index in [1.54, 1.807) is 6.20 Å². The molecule has 1 unspecified atom stereocenters. The summed E-state index contributed by atoms with van der Waals surface area (Å²) in [5.74, 6) is 0.691. The van der Waals surface area contributed by atoms with Crippen molar-refractivity contribution in [2.75, 3.05) is 11.9 Å². The van der Waals surface area contributed by atoms with Crippen LogP contribution >= 0.6 is 11.6 Å². The Labute approximate surface area is 76.2 Å². The van der Waals surface area contributed by atoms with Crippen molar-refractivity contribution >= 4 is 17.4 Å². The molecule has 4 nitrogen and oxygen atoms in total. The van der Waals surface area contributed by atoms with E-state index >= 15 is 0 Å². The van der Waals surface area contributed by atoms with E-state index in [4.69, 9.17) is 17.3 Å². The molecule has 0 aliphatic heterocycles.